The Balaban J connectivity index is 1.91. The second kappa shape index (κ2) is 14.3. The van der Waals surface area contributed by atoms with Gasteiger partial charge < -0.3 is 4.74 Å². The van der Waals surface area contributed by atoms with Gasteiger partial charge in [-0.1, -0.05) is 111 Å². The fraction of sp³-hybridized carbons (Fsp3) is 1.00. The lowest BCUT2D eigenvalue weighted by Gasteiger charge is -2.24. The van der Waals surface area contributed by atoms with Crippen molar-refractivity contribution < 1.29 is 4.74 Å². The molecule has 0 aliphatic carbocycles. The monoisotopic (exact) mass is 324 g/mol. The predicted molar refractivity (Wildman–Crippen MR) is 103 cm³/mol. The summed E-state index contributed by atoms with van der Waals surface area (Å²) in [6.45, 7) is 8.09. The van der Waals surface area contributed by atoms with Gasteiger partial charge in [0.05, 0.1) is 12.7 Å². The largest absolute Gasteiger partial charge is 0.373 e. The van der Waals surface area contributed by atoms with Crippen LogP contribution in [0, 0.1) is 11.8 Å². The zero-order valence-electron chi connectivity index (χ0n) is 16.5. The summed E-state index contributed by atoms with van der Waals surface area (Å²) < 4.78 is 5.45. The molecule has 3 atom stereocenters. The Morgan fingerprint density at radius 3 is 1.61 bits per heavy atom. The Morgan fingerprint density at radius 2 is 1.17 bits per heavy atom. The average Bonchev–Trinajstić information content (AvgIpc) is 3.38. The molecule has 138 valence electrons. The van der Waals surface area contributed by atoms with Crippen LogP contribution in [0.1, 0.15) is 117 Å². The van der Waals surface area contributed by atoms with E-state index in [-0.39, 0.29) is 0 Å². The number of hydrogen-bond acceptors (Lipinski definition) is 1. The summed E-state index contributed by atoms with van der Waals surface area (Å²) in [5, 5.41) is 0. The van der Waals surface area contributed by atoms with E-state index < -0.39 is 0 Å². The molecule has 0 bridgehead atoms. The average molecular weight is 325 g/mol. The first-order valence-corrected chi connectivity index (χ1v) is 10.9. The second-order valence-electron chi connectivity index (χ2n) is 7.85. The standard InChI is InChI=1S/C22H44O/c1-4-7-8-9-10-11-12-13-14-15-16-17-20(5-2)21(6-3)18-22-19-23-22/h20-22H,4-19H2,1-3H3. The van der Waals surface area contributed by atoms with Crippen molar-refractivity contribution in [3.8, 4) is 0 Å². The molecule has 0 aromatic rings. The molecule has 1 nitrogen and oxygen atoms in total. The van der Waals surface area contributed by atoms with Gasteiger partial charge in [0, 0.05) is 0 Å². The molecule has 1 rings (SSSR count). The van der Waals surface area contributed by atoms with Crippen molar-refractivity contribution in [1.29, 1.82) is 0 Å². The van der Waals surface area contributed by atoms with Crippen LogP contribution in [0.4, 0.5) is 0 Å². The third-order valence-corrected chi connectivity index (χ3v) is 5.86. The first-order chi connectivity index (χ1) is 11.3. The van der Waals surface area contributed by atoms with E-state index in [1.54, 1.807) is 0 Å². The molecule has 0 aromatic heterocycles. The van der Waals surface area contributed by atoms with E-state index in [2.05, 4.69) is 20.8 Å². The van der Waals surface area contributed by atoms with Crippen LogP contribution >= 0.6 is 0 Å². The van der Waals surface area contributed by atoms with E-state index in [9.17, 15) is 0 Å². The van der Waals surface area contributed by atoms with Crippen LogP contribution < -0.4 is 0 Å². The summed E-state index contributed by atoms with van der Waals surface area (Å²) in [5.41, 5.74) is 0. The summed E-state index contributed by atoms with van der Waals surface area (Å²) in [7, 11) is 0. The zero-order valence-corrected chi connectivity index (χ0v) is 16.5. The van der Waals surface area contributed by atoms with E-state index in [0.29, 0.717) is 6.10 Å². The minimum atomic E-state index is 0.617. The molecular weight excluding hydrogens is 280 g/mol. The summed E-state index contributed by atoms with van der Waals surface area (Å²) in [6, 6.07) is 0. The summed E-state index contributed by atoms with van der Waals surface area (Å²) in [5.74, 6) is 1.86. The Hall–Kier alpha value is -0.0400. The van der Waals surface area contributed by atoms with Crippen LogP contribution in [0.5, 0.6) is 0 Å². The van der Waals surface area contributed by atoms with Crippen LogP contribution in [0.15, 0.2) is 0 Å². The zero-order chi connectivity index (χ0) is 16.8. The molecule has 0 N–H and O–H groups in total. The number of epoxide rings is 1. The highest BCUT2D eigenvalue weighted by atomic mass is 16.6. The Morgan fingerprint density at radius 1 is 0.696 bits per heavy atom. The number of unbranched alkanes of at least 4 members (excludes halogenated alkanes) is 10. The number of rotatable bonds is 17. The van der Waals surface area contributed by atoms with E-state index >= 15 is 0 Å². The first kappa shape index (κ1) is 21.0. The van der Waals surface area contributed by atoms with E-state index in [4.69, 9.17) is 4.74 Å². The van der Waals surface area contributed by atoms with E-state index in [1.165, 1.54) is 96.3 Å². The van der Waals surface area contributed by atoms with Crippen LogP contribution in [-0.4, -0.2) is 12.7 Å². The molecule has 1 heteroatoms. The molecule has 0 amide bonds. The van der Waals surface area contributed by atoms with E-state index in [1.807, 2.05) is 0 Å². The minimum Gasteiger partial charge on any atom is -0.373 e. The van der Waals surface area contributed by atoms with Gasteiger partial charge in [0.15, 0.2) is 0 Å². The molecule has 0 radical (unpaired) electrons. The van der Waals surface area contributed by atoms with Crippen LogP contribution in [0.3, 0.4) is 0 Å². The smallest absolute Gasteiger partial charge is 0.0812 e. The van der Waals surface area contributed by atoms with Gasteiger partial charge in [-0.25, -0.2) is 0 Å². The van der Waals surface area contributed by atoms with Gasteiger partial charge in [0.2, 0.25) is 0 Å². The molecule has 1 aliphatic rings. The fourth-order valence-electron chi connectivity index (χ4n) is 4.08. The third-order valence-electron chi connectivity index (χ3n) is 5.86. The SMILES string of the molecule is CCCCCCCCCCCCCC(CC)C(CC)CC1CO1. The molecule has 0 aromatic carbocycles. The van der Waals surface area contributed by atoms with Crippen molar-refractivity contribution in [3.63, 3.8) is 0 Å². The van der Waals surface area contributed by atoms with Crippen LogP contribution in [-0.2, 0) is 4.74 Å². The Labute approximate surface area is 147 Å². The van der Waals surface area contributed by atoms with E-state index in [0.717, 1.165) is 18.4 Å². The van der Waals surface area contributed by atoms with Crippen molar-refractivity contribution in [2.45, 2.75) is 123 Å². The number of ether oxygens (including phenoxy) is 1. The molecule has 1 saturated heterocycles. The molecular formula is C22H44O. The topological polar surface area (TPSA) is 12.5 Å². The van der Waals surface area contributed by atoms with Gasteiger partial charge in [-0.3, -0.25) is 0 Å². The Kier molecular flexibility index (Phi) is 13.1. The fourth-order valence-corrected chi connectivity index (χ4v) is 4.08. The van der Waals surface area contributed by atoms with Gasteiger partial charge in [-0.15, -0.1) is 0 Å². The second-order valence-corrected chi connectivity index (χ2v) is 7.85. The Bertz CT molecular complexity index is 246. The maximum atomic E-state index is 5.45. The van der Waals surface area contributed by atoms with Crippen molar-refractivity contribution in [2.24, 2.45) is 11.8 Å². The van der Waals surface area contributed by atoms with Crippen molar-refractivity contribution in [1.82, 2.24) is 0 Å². The van der Waals surface area contributed by atoms with Crippen LogP contribution in [0.2, 0.25) is 0 Å². The lowest BCUT2D eigenvalue weighted by molar-refractivity contribution is 0.243. The van der Waals surface area contributed by atoms with Gasteiger partial charge in [-0.2, -0.15) is 0 Å². The maximum Gasteiger partial charge on any atom is 0.0812 e. The molecule has 1 heterocycles. The summed E-state index contributed by atoms with van der Waals surface area (Å²) in [4.78, 5) is 0. The van der Waals surface area contributed by atoms with Gasteiger partial charge >= 0.3 is 0 Å². The van der Waals surface area contributed by atoms with Crippen molar-refractivity contribution in [3.05, 3.63) is 0 Å². The summed E-state index contributed by atoms with van der Waals surface area (Å²) >= 11 is 0. The maximum absolute atomic E-state index is 5.45. The highest BCUT2D eigenvalue weighted by Gasteiger charge is 2.29. The number of hydrogen-bond donors (Lipinski definition) is 0. The lowest BCUT2D eigenvalue weighted by Crippen LogP contribution is -2.15. The van der Waals surface area contributed by atoms with Crippen LogP contribution in [0.25, 0.3) is 0 Å². The normalized spacial score (nSPS) is 19.7. The van der Waals surface area contributed by atoms with Gasteiger partial charge in [0.25, 0.3) is 0 Å². The predicted octanol–water partition coefficient (Wildman–Crippen LogP) is 7.53. The summed E-state index contributed by atoms with van der Waals surface area (Å²) in [6.07, 6.45) is 22.1. The molecule has 0 saturated carbocycles. The first-order valence-electron chi connectivity index (χ1n) is 10.9. The molecule has 1 aliphatic heterocycles. The van der Waals surface area contributed by atoms with Gasteiger partial charge in [-0.05, 0) is 18.3 Å². The molecule has 23 heavy (non-hydrogen) atoms. The highest BCUT2D eigenvalue weighted by Crippen LogP contribution is 2.32. The molecule has 0 spiro atoms. The molecule has 3 unspecified atom stereocenters. The van der Waals surface area contributed by atoms with Crippen molar-refractivity contribution >= 4 is 0 Å². The minimum absolute atomic E-state index is 0.617. The van der Waals surface area contributed by atoms with Crippen molar-refractivity contribution in [2.75, 3.05) is 6.61 Å². The lowest BCUT2D eigenvalue weighted by atomic mass is 9.81. The third kappa shape index (κ3) is 11.2. The quantitative estimate of drug-likeness (QED) is 0.199. The highest BCUT2D eigenvalue weighted by molar-refractivity contribution is 4.77. The van der Waals surface area contributed by atoms with Gasteiger partial charge in [0.1, 0.15) is 0 Å². The molecule has 1 fully saturated rings.